The number of aromatic nitrogens is 1. The number of H-pyrrole nitrogens is 1. The molecule has 2 aliphatic heterocycles. The summed E-state index contributed by atoms with van der Waals surface area (Å²) in [5, 5.41) is 1.13. The minimum Gasteiger partial charge on any atom is -0.322 e. The molecular weight excluding hydrogens is 322 g/mol. The molecule has 2 fully saturated rings. The molecule has 1 N–H and O–H groups in total. The van der Waals surface area contributed by atoms with Crippen molar-refractivity contribution in [1.29, 1.82) is 0 Å². The van der Waals surface area contributed by atoms with E-state index in [9.17, 15) is 4.79 Å². The number of benzene rings is 1. The highest BCUT2D eigenvalue weighted by molar-refractivity contribution is 5.79. The van der Waals surface area contributed by atoms with Crippen molar-refractivity contribution in [3.05, 3.63) is 45.7 Å². The van der Waals surface area contributed by atoms with Crippen molar-refractivity contribution in [3.63, 3.8) is 0 Å². The average molecular weight is 354 g/mol. The van der Waals surface area contributed by atoms with Gasteiger partial charge in [-0.15, -0.1) is 0 Å². The molecule has 140 valence electrons. The van der Waals surface area contributed by atoms with Crippen LogP contribution >= 0.6 is 0 Å². The van der Waals surface area contributed by atoms with E-state index in [-0.39, 0.29) is 5.56 Å². The summed E-state index contributed by atoms with van der Waals surface area (Å²) in [6, 6.07) is 8.35. The highest BCUT2D eigenvalue weighted by Crippen LogP contribution is 2.32. The van der Waals surface area contributed by atoms with Crippen LogP contribution < -0.4 is 5.56 Å². The first-order valence-electron chi connectivity index (χ1n) is 10.1. The Morgan fingerprint density at radius 1 is 1.00 bits per heavy atom. The van der Waals surface area contributed by atoms with Crippen molar-refractivity contribution in [2.45, 2.75) is 39.2 Å². The molecular formula is C22H31N3O. The molecule has 0 radical (unpaired) electrons. The fourth-order valence-corrected chi connectivity index (χ4v) is 4.80. The van der Waals surface area contributed by atoms with Gasteiger partial charge in [0.15, 0.2) is 0 Å². The fraction of sp³-hybridized carbons (Fsp3) is 0.591. The molecule has 0 atom stereocenters. The molecule has 4 nitrogen and oxygen atoms in total. The molecule has 0 spiro atoms. The zero-order valence-corrected chi connectivity index (χ0v) is 16.1. The standard InChI is InChI=1S/C22H31N3O/c1-16-3-4-19-14-20(22(26)23-21(19)13-16)15-25-11-7-18(8-12-25)17-5-9-24(2)10-6-17/h3-4,13-14,17-18H,5-12,15H2,1-2H3,(H,23,26). The normalized spacial score (nSPS) is 21.5. The lowest BCUT2D eigenvalue weighted by Crippen LogP contribution is -2.40. The highest BCUT2D eigenvalue weighted by Gasteiger charge is 2.28. The lowest BCUT2D eigenvalue weighted by molar-refractivity contribution is 0.102. The van der Waals surface area contributed by atoms with Crippen molar-refractivity contribution in [1.82, 2.24) is 14.8 Å². The van der Waals surface area contributed by atoms with Crippen molar-refractivity contribution in [3.8, 4) is 0 Å². The number of aryl methyl sites for hydroxylation is 1. The number of piperidine rings is 2. The second-order valence-corrected chi connectivity index (χ2v) is 8.47. The van der Waals surface area contributed by atoms with Crippen LogP contribution in [0.3, 0.4) is 0 Å². The number of hydrogen-bond acceptors (Lipinski definition) is 3. The van der Waals surface area contributed by atoms with Gasteiger partial charge >= 0.3 is 0 Å². The predicted molar refractivity (Wildman–Crippen MR) is 108 cm³/mol. The van der Waals surface area contributed by atoms with E-state index in [2.05, 4.69) is 47.0 Å². The van der Waals surface area contributed by atoms with E-state index in [4.69, 9.17) is 0 Å². The van der Waals surface area contributed by atoms with E-state index in [1.807, 2.05) is 6.07 Å². The van der Waals surface area contributed by atoms with Gasteiger partial charge in [-0.1, -0.05) is 12.1 Å². The zero-order valence-electron chi connectivity index (χ0n) is 16.1. The zero-order chi connectivity index (χ0) is 18.1. The van der Waals surface area contributed by atoms with E-state index in [1.165, 1.54) is 44.3 Å². The van der Waals surface area contributed by atoms with E-state index >= 15 is 0 Å². The van der Waals surface area contributed by atoms with Gasteiger partial charge in [0.25, 0.3) is 5.56 Å². The Kier molecular flexibility index (Phi) is 5.14. The third kappa shape index (κ3) is 3.86. The smallest absolute Gasteiger partial charge is 0.252 e. The quantitative estimate of drug-likeness (QED) is 0.919. The van der Waals surface area contributed by atoms with Crippen LogP contribution in [0.15, 0.2) is 29.1 Å². The Morgan fingerprint density at radius 2 is 1.65 bits per heavy atom. The topological polar surface area (TPSA) is 39.3 Å². The van der Waals surface area contributed by atoms with Gasteiger partial charge < -0.3 is 9.88 Å². The third-order valence-corrected chi connectivity index (χ3v) is 6.53. The Hall–Kier alpha value is -1.65. The summed E-state index contributed by atoms with van der Waals surface area (Å²) in [7, 11) is 2.24. The third-order valence-electron chi connectivity index (χ3n) is 6.53. The number of pyridine rings is 1. The molecule has 0 bridgehead atoms. The molecule has 0 saturated carbocycles. The molecule has 0 aliphatic carbocycles. The molecule has 0 amide bonds. The Morgan fingerprint density at radius 3 is 2.35 bits per heavy atom. The van der Waals surface area contributed by atoms with Crippen LogP contribution in [-0.2, 0) is 6.54 Å². The molecule has 2 aliphatic rings. The van der Waals surface area contributed by atoms with Gasteiger partial charge in [-0.3, -0.25) is 9.69 Å². The maximum absolute atomic E-state index is 12.5. The summed E-state index contributed by atoms with van der Waals surface area (Å²) in [6.07, 6.45) is 5.31. The lowest BCUT2D eigenvalue weighted by atomic mass is 9.79. The minimum absolute atomic E-state index is 0.0699. The van der Waals surface area contributed by atoms with E-state index in [1.54, 1.807) is 0 Å². The lowest BCUT2D eigenvalue weighted by Gasteiger charge is -2.39. The minimum atomic E-state index is 0.0699. The number of hydrogen-bond donors (Lipinski definition) is 1. The number of fused-ring (bicyclic) bond motifs is 1. The second kappa shape index (κ2) is 7.53. The Balaban J connectivity index is 1.38. The number of nitrogens with one attached hydrogen (secondary N) is 1. The van der Waals surface area contributed by atoms with Crippen LogP contribution in [0.5, 0.6) is 0 Å². The van der Waals surface area contributed by atoms with Gasteiger partial charge in [0, 0.05) is 17.6 Å². The van der Waals surface area contributed by atoms with E-state index < -0.39 is 0 Å². The first-order valence-corrected chi connectivity index (χ1v) is 10.1. The number of rotatable bonds is 3. The van der Waals surface area contributed by atoms with Crippen molar-refractivity contribution >= 4 is 10.9 Å². The molecule has 4 heteroatoms. The molecule has 2 saturated heterocycles. The van der Waals surface area contributed by atoms with Crippen LogP contribution in [0.1, 0.15) is 36.8 Å². The summed E-state index contributed by atoms with van der Waals surface area (Å²) in [5.74, 6) is 1.80. The molecule has 0 unspecified atom stereocenters. The van der Waals surface area contributed by atoms with Gasteiger partial charge in [0.1, 0.15) is 0 Å². The van der Waals surface area contributed by atoms with E-state index in [0.29, 0.717) is 0 Å². The Bertz CT molecular complexity index is 812. The SMILES string of the molecule is Cc1ccc2cc(CN3CCC(C4CCN(C)CC4)CC3)c(=O)[nH]c2c1. The number of likely N-dealkylation sites (tertiary alicyclic amines) is 2. The van der Waals surface area contributed by atoms with E-state index in [0.717, 1.165) is 47.9 Å². The fourth-order valence-electron chi connectivity index (χ4n) is 4.80. The summed E-state index contributed by atoms with van der Waals surface area (Å²) in [4.78, 5) is 20.5. The van der Waals surface area contributed by atoms with Crippen LogP contribution in [0.25, 0.3) is 10.9 Å². The molecule has 2 aromatic rings. The van der Waals surface area contributed by atoms with Gasteiger partial charge in [-0.25, -0.2) is 0 Å². The van der Waals surface area contributed by atoms with Gasteiger partial charge in [-0.2, -0.15) is 0 Å². The average Bonchev–Trinajstić information content (AvgIpc) is 2.64. The first kappa shape index (κ1) is 17.7. The van der Waals surface area contributed by atoms with Gasteiger partial charge in [-0.05, 0) is 101 Å². The molecule has 4 rings (SSSR count). The van der Waals surface area contributed by atoms with Gasteiger partial charge in [0.2, 0.25) is 0 Å². The number of nitrogens with zero attached hydrogens (tertiary/aromatic N) is 2. The van der Waals surface area contributed by atoms with Crippen molar-refractivity contribution in [2.75, 3.05) is 33.2 Å². The monoisotopic (exact) mass is 353 g/mol. The maximum atomic E-state index is 12.5. The summed E-state index contributed by atoms with van der Waals surface area (Å²) >= 11 is 0. The molecule has 26 heavy (non-hydrogen) atoms. The largest absolute Gasteiger partial charge is 0.322 e. The highest BCUT2D eigenvalue weighted by atomic mass is 16.1. The number of aromatic amines is 1. The molecule has 1 aromatic heterocycles. The Labute approximate surface area is 156 Å². The molecule has 1 aromatic carbocycles. The summed E-state index contributed by atoms with van der Waals surface area (Å²) < 4.78 is 0. The first-order chi connectivity index (χ1) is 12.6. The maximum Gasteiger partial charge on any atom is 0.252 e. The van der Waals surface area contributed by atoms with Crippen LogP contribution in [0.4, 0.5) is 0 Å². The molecule has 3 heterocycles. The van der Waals surface area contributed by atoms with Gasteiger partial charge in [0.05, 0.1) is 0 Å². The predicted octanol–water partition coefficient (Wildman–Crippen LogP) is 3.39. The second-order valence-electron chi connectivity index (χ2n) is 8.47. The van der Waals surface area contributed by atoms with Crippen LogP contribution in [-0.4, -0.2) is 48.0 Å². The summed E-state index contributed by atoms with van der Waals surface area (Å²) in [5.41, 5.74) is 3.09. The van der Waals surface area contributed by atoms with Crippen LogP contribution in [0.2, 0.25) is 0 Å². The van der Waals surface area contributed by atoms with Crippen molar-refractivity contribution < 1.29 is 0 Å². The van der Waals surface area contributed by atoms with Crippen LogP contribution in [0, 0.1) is 18.8 Å². The van der Waals surface area contributed by atoms with Crippen molar-refractivity contribution in [2.24, 2.45) is 11.8 Å². The summed E-state index contributed by atoms with van der Waals surface area (Å²) in [6.45, 7) is 7.61.